The standard InChI is InChI=1S/C36H30N8O10S2.2Na/c1-43-27-10-9-25(32-31(27)23(18-30(43)46)21-4-2-3-5-22(21)33(32)47)38-26-16-19(6-11-29(26)56(50,51)52)37-34-40-35(42-36(41-34)44-12-14-53-15-13-44)39-24-8-7-20(45)17-28(24)54-55(48)49;;/h2-11,16-18,38,45H,12-15H2,1H3,(H,48,49)(H,50,51,52)(H2,37,39,40,41,42);;/q;2*+1/p-2. The van der Waals surface area contributed by atoms with E-state index in [0.717, 1.165) is 12.1 Å². The summed E-state index contributed by atoms with van der Waals surface area (Å²) in [4.78, 5) is 41.7. The molecule has 18 nitrogen and oxygen atoms in total. The van der Waals surface area contributed by atoms with Gasteiger partial charge in [-0.1, -0.05) is 24.3 Å². The van der Waals surface area contributed by atoms with E-state index in [4.69, 9.17) is 8.92 Å². The van der Waals surface area contributed by atoms with E-state index in [1.807, 2.05) is 4.90 Å². The van der Waals surface area contributed by atoms with E-state index in [2.05, 4.69) is 30.9 Å². The molecule has 58 heavy (non-hydrogen) atoms. The molecule has 0 saturated carbocycles. The number of hydrogen-bond acceptors (Lipinski definition) is 17. The molecule has 1 fully saturated rings. The maximum atomic E-state index is 14.1. The molecule has 4 aromatic carbocycles. The maximum absolute atomic E-state index is 14.1. The summed E-state index contributed by atoms with van der Waals surface area (Å²) in [6, 6.07) is 19.0. The van der Waals surface area contributed by atoms with Gasteiger partial charge in [0.05, 0.1) is 46.3 Å². The molecule has 1 atom stereocenters. The zero-order valence-corrected chi connectivity index (χ0v) is 36.6. The van der Waals surface area contributed by atoms with Gasteiger partial charge in [0.15, 0.2) is 11.5 Å². The zero-order valence-electron chi connectivity index (χ0n) is 31.0. The van der Waals surface area contributed by atoms with Gasteiger partial charge in [0.2, 0.25) is 17.8 Å². The van der Waals surface area contributed by atoms with Crippen molar-refractivity contribution in [1.82, 2.24) is 19.5 Å². The van der Waals surface area contributed by atoms with E-state index in [1.165, 1.54) is 41.0 Å². The number of rotatable bonds is 10. The summed E-state index contributed by atoms with van der Waals surface area (Å²) in [5.41, 5.74) is 2.16. The van der Waals surface area contributed by atoms with E-state index >= 15 is 0 Å². The first-order valence-electron chi connectivity index (χ1n) is 16.8. The molecule has 0 amide bonds. The van der Waals surface area contributed by atoms with Crippen molar-refractivity contribution >= 4 is 78.8 Å². The van der Waals surface area contributed by atoms with Crippen LogP contribution >= 0.6 is 0 Å². The van der Waals surface area contributed by atoms with Crippen molar-refractivity contribution in [1.29, 1.82) is 0 Å². The number of carbonyl (C=O) groups excluding carboxylic acids is 1. The summed E-state index contributed by atoms with van der Waals surface area (Å²) in [6.45, 7) is 1.66. The molecule has 4 N–H and O–H groups in total. The Morgan fingerprint density at radius 2 is 1.52 bits per heavy atom. The third-order valence-electron chi connectivity index (χ3n) is 9.16. The molecule has 0 bridgehead atoms. The molecule has 2 aromatic heterocycles. The minimum Gasteiger partial charge on any atom is -0.744 e. The van der Waals surface area contributed by atoms with Crippen molar-refractivity contribution in [3.63, 3.8) is 0 Å². The van der Waals surface area contributed by atoms with Gasteiger partial charge in [0.25, 0.3) is 5.56 Å². The van der Waals surface area contributed by atoms with Gasteiger partial charge in [-0.2, -0.15) is 15.0 Å². The molecule has 1 aliphatic carbocycles. The molecule has 286 valence electrons. The fraction of sp³-hybridized carbons (Fsp3) is 0.139. The number of aryl methyl sites for hydroxylation is 1. The molecule has 0 spiro atoms. The Hall–Kier alpha value is -4.45. The summed E-state index contributed by atoms with van der Waals surface area (Å²) < 4.78 is 72.1. The van der Waals surface area contributed by atoms with Crippen molar-refractivity contribution in [3.05, 3.63) is 100 Å². The van der Waals surface area contributed by atoms with E-state index < -0.39 is 26.4 Å². The number of nitrogens with zero attached hydrogens (tertiary/aromatic N) is 5. The Kier molecular flexibility index (Phi) is 13.0. The smallest absolute Gasteiger partial charge is 0.744 e. The maximum Gasteiger partial charge on any atom is 1.00 e. The average Bonchev–Trinajstić information content (AvgIpc) is 3.16. The van der Waals surface area contributed by atoms with Gasteiger partial charge in [0, 0.05) is 48.9 Å². The van der Waals surface area contributed by atoms with E-state index in [1.54, 1.807) is 37.4 Å². The molecule has 6 aromatic rings. The van der Waals surface area contributed by atoms with Crippen LogP contribution in [0.1, 0.15) is 15.9 Å². The number of phenolic OH excluding ortho intramolecular Hbond substituents is 1. The van der Waals surface area contributed by atoms with Crippen LogP contribution in [0.3, 0.4) is 0 Å². The third kappa shape index (κ3) is 8.63. The number of hydrogen-bond donors (Lipinski definition) is 4. The molecule has 2 aliphatic rings. The van der Waals surface area contributed by atoms with Crippen LogP contribution in [0.5, 0.6) is 11.5 Å². The number of ether oxygens (including phenoxy) is 1. The molecule has 3 heterocycles. The summed E-state index contributed by atoms with van der Waals surface area (Å²) in [5.74, 6) is -0.768. The molecule has 1 aliphatic heterocycles. The molecule has 1 unspecified atom stereocenters. The van der Waals surface area contributed by atoms with Gasteiger partial charge in [0.1, 0.15) is 27.2 Å². The predicted molar refractivity (Wildman–Crippen MR) is 203 cm³/mol. The van der Waals surface area contributed by atoms with Gasteiger partial charge in [-0.05, 0) is 53.6 Å². The average molecular weight is 843 g/mol. The second-order valence-electron chi connectivity index (χ2n) is 12.6. The molecule has 22 heteroatoms. The van der Waals surface area contributed by atoms with Crippen molar-refractivity contribution in [2.45, 2.75) is 4.90 Å². The summed E-state index contributed by atoms with van der Waals surface area (Å²) in [6.07, 6.45) is 0. The third-order valence-corrected chi connectivity index (χ3v) is 10.4. The topological polar surface area (TPSA) is 253 Å². The number of aromatic hydroxyl groups is 1. The first-order chi connectivity index (χ1) is 26.8. The number of nitrogens with one attached hydrogen (secondary N) is 3. The van der Waals surface area contributed by atoms with Gasteiger partial charge in [-0.3, -0.25) is 9.59 Å². The van der Waals surface area contributed by atoms with Crippen LogP contribution in [0, 0.1) is 0 Å². The predicted octanol–water partition coefficient (Wildman–Crippen LogP) is -2.21. The second kappa shape index (κ2) is 17.4. The number of pyridine rings is 1. The van der Waals surface area contributed by atoms with Crippen LogP contribution in [-0.2, 0) is 33.3 Å². The Labute approximate surface area is 376 Å². The van der Waals surface area contributed by atoms with Crippen LogP contribution in [0.25, 0.3) is 22.0 Å². The van der Waals surface area contributed by atoms with Gasteiger partial charge in [-0.25, -0.2) is 12.6 Å². The number of morpholine rings is 1. The Balaban J connectivity index is 0.00000283. The first kappa shape index (κ1) is 43.1. The van der Waals surface area contributed by atoms with Crippen molar-refractivity contribution < 1.29 is 99.7 Å². The summed E-state index contributed by atoms with van der Waals surface area (Å²) >= 11 is -2.97. The molecular weight excluding hydrogens is 815 g/mol. The number of ketones is 1. The van der Waals surface area contributed by atoms with Crippen molar-refractivity contribution in [2.24, 2.45) is 7.05 Å². The zero-order chi connectivity index (χ0) is 39.3. The van der Waals surface area contributed by atoms with Crippen LogP contribution in [0.2, 0.25) is 0 Å². The number of fused-ring (bicyclic) bond motifs is 2. The summed E-state index contributed by atoms with van der Waals surface area (Å²) in [5, 5.41) is 19.3. The van der Waals surface area contributed by atoms with Gasteiger partial charge < -0.3 is 48.5 Å². The molecular formula is C36H28N8Na2O10S2. The fourth-order valence-corrected chi connectivity index (χ4v) is 7.51. The number of phenols is 1. The van der Waals surface area contributed by atoms with E-state index in [0.29, 0.717) is 53.9 Å². The van der Waals surface area contributed by atoms with Crippen molar-refractivity contribution in [3.8, 4) is 22.6 Å². The molecule has 1 saturated heterocycles. The fourth-order valence-electron chi connectivity index (χ4n) is 6.61. The van der Waals surface area contributed by atoms with Crippen molar-refractivity contribution in [2.75, 3.05) is 47.2 Å². The van der Waals surface area contributed by atoms with Gasteiger partial charge in [-0.15, -0.1) is 0 Å². The minimum absolute atomic E-state index is 0. The SMILES string of the molecule is Cn1c(=O)cc2c3c(c(Nc4cc(Nc5nc(Nc6ccc(O)cc6OS(=O)[O-])nc(N6CCOCC6)n5)ccc4S(=O)(=O)[O-])ccc31)C(=O)c1ccccc1-2.[Na+].[Na+]. The van der Waals surface area contributed by atoms with Crippen LogP contribution in [-0.4, -0.2) is 78.4 Å². The summed E-state index contributed by atoms with van der Waals surface area (Å²) in [7, 11) is -3.48. The van der Waals surface area contributed by atoms with Crippen LogP contribution in [0.4, 0.5) is 40.6 Å². The van der Waals surface area contributed by atoms with E-state index in [9.17, 15) is 36.4 Å². The van der Waals surface area contributed by atoms with Crippen LogP contribution < -0.4 is 89.7 Å². The Morgan fingerprint density at radius 3 is 2.22 bits per heavy atom. The number of anilines is 7. The largest absolute Gasteiger partial charge is 1.00 e. The number of carbonyl (C=O) groups is 1. The van der Waals surface area contributed by atoms with Crippen LogP contribution in [0.15, 0.2) is 88.6 Å². The number of benzene rings is 4. The minimum atomic E-state index is -5.07. The monoisotopic (exact) mass is 842 g/mol. The normalized spacial score (nSPS) is 13.8. The second-order valence-corrected chi connectivity index (χ2v) is 14.5. The Morgan fingerprint density at radius 1 is 0.828 bits per heavy atom. The first-order valence-corrected chi connectivity index (χ1v) is 19.2. The van der Waals surface area contributed by atoms with E-state index in [-0.39, 0.29) is 128 Å². The van der Waals surface area contributed by atoms with Gasteiger partial charge >= 0.3 is 59.1 Å². The number of aromatic nitrogens is 4. The Bertz CT molecular complexity index is 2800. The molecule has 0 radical (unpaired) electrons. The quantitative estimate of drug-likeness (QED) is 0.0493. The molecule has 8 rings (SSSR count).